The van der Waals surface area contributed by atoms with Gasteiger partial charge in [-0.15, -0.1) is 11.3 Å². The van der Waals surface area contributed by atoms with Gasteiger partial charge >= 0.3 is 0 Å². The Hall–Kier alpha value is -3.65. The van der Waals surface area contributed by atoms with Crippen molar-refractivity contribution in [3.8, 4) is 10.4 Å². The van der Waals surface area contributed by atoms with Crippen LogP contribution in [0.1, 0.15) is 28.1 Å². The number of thiophene rings is 1. The normalized spacial score (nSPS) is 17.0. The summed E-state index contributed by atoms with van der Waals surface area (Å²) in [6.45, 7) is 1.20. The number of para-hydroxylation sites is 1. The standard InChI is InChI=1S/C25H23N5O2S/c31-22(13-17-15-27-19-4-2-1-3-18(17)19)30-11-7-25(8-12-30)28-20-14-21(16-5-9-26-10-6-16)33-23(20)24(32)29-25/h1-6,9-10,14-15,27-28H,7-8,11-13H2,(H,29,32). The average molecular weight is 458 g/mol. The molecular weight excluding hydrogens is 434 g/mol. The third kappa shape index (κ3) is 3.56. The number of piperidine rings is 1. The second kappa shape index (κ2) is 7.74. The monoisotopic (exact) mass is 457 g/mol. The first-order valence-corrected chi connectivity index (χ1v) is 11.9. The van der Waals surface area contributed by atoms with E-state index in [0.29, 0.717) is 37.2 Å². The molecule has 7 nitrogen and oxygen atoms in total. The molecule has 8 heteroatoms. The molecule has 4 aromatic rings. The van der Waals surface area contributed by atoms with Gasteiger partial charge in [0.05, 0.1) is 12.1 Å². The fraction of sp³-hybridized carbons (Fsp3) is 0.240. The Kier molecular flexibility index (Phi) is 4.69. The molecule has 5 heterocycles. The third-order valence-electron chi connectivity index (χ3n) is 6.62. The highest BCUT2D eigenvalue weighted by Crippen LogP contribution is 2.40. The Balaban J connectivity index is 1.15. The predicted octanol–water partition coefficient (Wildman–Crippen LogP) is 4.01. The number of aromatic amines is 1. The van der Waals surface area contributed by atoms with Gasteiger partial charge in [0.15, 0.2) is 0 Å². The van der Waals surface area contributed by atoms with Gasteiger partial charge in [-0.1, -0.05) is 18.2 Å². The topological polar surface area (TPSA) is 90.1 Å². The molecule has 0 bridgehead atoms. The number of rotatable bonds is 3. The van der Waals surface area contributed by atoms with Gasteiger partial charge in [0.1, 0.15) is 10.5 Å². The molecule has 33 heavy (non-hydrogen) atoms. The van der Waals surface area contributed by atoms with Crippen molar-refractivity contribution in [3.63, 3.8) is 0 Å². The molecule has 2 aliphatic heterocycles. The zero-order chi connectivity index (χ0) is 22.4. The van der Waals surface area contributed by atoms with Gasteiger partial charge in [-0.2, -0.15) is 0 Å². The van der Waals surface area contributed by atoms with Crippen molar-refractivity contribution in [2.75, 3.05) is 18.4 Å². The van der Waals surface area contributed by atoms with Crippen molar-refractivity contribution in [2.45, 2.75) is 24.9 Å². The van der Waals surface area contributed by atoms with Crippen molar-refractivity contribution >= 4 is 39.7 Å². The van der Waals surface area contributed by atoms with Crippen molar-refractivity contribution in [3.05, 3.63) is 71.5 Å². The average Bonchev–Trinajstić information content (AvgIpc) is 3.45. The number of hydrogen-bond acceptors (Lipinski definition) is 5. The molecule has 0 radical (unpaired) electrons. The summed E-state index contributed by atoms with van der Waals surface area (Å²) in [7, 11) is 0. The van der Waals surface area contributed by atoms with E-state index in [1.807, 2.05) is 53.6 Å². The molecule has 0 unspecified atom stereocenters. The lowest BCUT2D eigenvalue weighted by Crippen LogP contribution is -2.62. The second-order valence-corrected chi connectivity index (χ2v) is 9.72. The van der Waals surface area contributed by atoms with Crippen LogP contribution in [0.15, 0.2) is 61.1 Å². The van der Waals surface area contributed by atoms with Gasteiger partial charge in [0.2, 0.25) is 5.91 Å². The highest BCUT2D eigenvalue weighted by molar-refractivity contribution is 7.18. The Bertz CT molecular complexity index is 1350. The van der Waals surface area contributed by atoms with E-state index in [1.165, 1.54) is 11.3 Å². The summed E-state index contributed by atoms with van der Waals surface area (Å²) in [5.74, 6) is 0.0700. The van der Waals surface area contributed by atoms with Crippen molar-refractivity contribution in [1.82, 2.24) is 20.2 Å². The quantitative estimate of drug-likeness (QED) is 0.434. The second-order valence-electron chi connectivity index (χ2n) is 8.67. The summed E-state index contributed by atoms with van der Waals surface area (Å²) in [4.78, 5) is 36.9. The van der Waals surface area contributed by atoms with E-state index >= 15 is 0 Å². The Morgan fingerprint density at radius 1 is 1.09 bits per heavy atom. The number of nitrogens with one attached hydrogen (secondary N) is 3. The lowest BCUT2D eigenvalue weighted by molar-refractivity contribution is -0.132. The number of amides is 2. The molecule has 0 aliphatic carbocycles. The molecule has 6 rings (SSSR count). The number of H-pyrrole nitrogens is 1. The molecule has 3 aromatic heterocycles. The largest absolute Gasteiger partial charge is 0.361 e. The van der Waals surface area contributed by atoms with E-state index in [0.717, 1.165) is 32.6 Å². The maximum atomic E-state index is 13.0. The smallest absolute Gasteiger partial charge is 0.265 e. The number of pyridine rings is 1. The first-order chi connectivity index (χ1) is 16.1. The van der Waals surface area contributed by atoms with E-state index in [-0.39, 0.29) is 11.8 Å². The molecule has 1 saturated heterocycles. The SMILES string of the molecule is O=C1NC2(CCN(C(=O)Cc3c[nH]c4ccccc34)CC2)Nc2cc(-c3ccncc3)sc21. The molecular formula is C25H23N5O2S. The van der Waals surface area contributed by atoms with Gasteiger partial charge in [0, 0.05) is 60.3 Å². The van der Waals surface area contributed by atoms with Gasteiger partial charge in [-0.25, -0.2) is 0 Å². The number of anilines is 1. The van der Waals surface area contributed by atoms with E-state index in [4.69, 9.17) is 0 Å². The molecule has 2 aliphatic rings. The van der Waals surface area contributed by atoms with Crippen LogP contribution < -0.4 is 10.6 Å². The number of aromatic nitrogens is 2. The van der Waals surface area contributed by atoms with Crippen molar-refractivity contribution < 1.29 is 9.59 Å². The minimum Gasteiger partial charge on any atom is -0.361 e. The van der Waals surface area contributed by atoms with Crippen LogP contribution in [0.4, 0.5) is 5.69 Å². The summed E-state index contributed by atoms with van der Waals surface area (Å²) < 4.78 is 0. The van der Waals surface area contributed by atoms with Crippen LogP contribution in [0.25, 0.3) is 21.3 Å². The summed E-state index contributed by atoms with van der Waals surface area (Å²) in [6.07, 6.45) is 7.14. The maximum Gasteiger partial charge on any atom is 0.265 e. The maximum absolute atomic E-state index is 13.0. The summed E-state index contributed by atoms with van der Waals surface area (Å²) in [5, 5.41) is 7.86. The Morgan fingerprint density at radius 3 is 2.70 bits per heavy atom. The lowest BCUT2D eigenvalue weighted by Gasteiger charge is -2.45. The minimum atomic E-state index is -0.516. The molecule has 0 atom stereocenters. The zero-order valence-corrected chi connectivity index (χ0v) is 18.7. The lowest BCUT2D eigenvalue weighted by atomic mass is 9.93. The molecule has 3 N–H and O–H groups in total. The Labute approximate surface area is 194 Å². The summed E-state index contributed by atoms with van der Waals surface area (Å²) in [6, 6.07) is 14.0. The molecule has 1 fully saturated rings. The summed E-state index contributed by atoms with van der Waals surface area (Å²) in [5.41, 5.74) is 3.47. The number of carbonyl (C=O) groups excluding carboxylic acids is 2. The molecule has 1 spiro atoms. The van der Waals surface area contributed by atoms with Gasteiger partial charge < -0.3 is 20.5 Å². The van der Waals surface area contributed by atoms with Crippen LogP contribution in [0.5, 0.6) is 0 Å². The highest BCUT2D eigenvalue weighted by atomic mass is 32.1. The predicted molar refractivity (Wildman–Crippen MR) is 129 cm³/mol. The van der Waals surface area contributed by atoms with Crippen LogP contribution in [-0.2, 0) is 11.2 Å². The fourth-order valence-electron chi connectivity index (χ4n) is 4.81. The van der Waals surface area contributed by atoms with Crippen LogP contribution in [0, 0.1) is 0 Å². The number of carbonyl (C=O) groups is 2. The van der Waals surface area contributed by atoms with Gasteiger partial charge in [-0.3, -0.25) is 14.6 Å². The summed E-state index contributed by atoms with van der Waals surface area (Å²) >= 11 is 1.48. The van der Waals surface area contributed by atoms with Crippen LogP contribution in [-0.4, -0.2) is 45.4 Å². The van der Waals surface area contributed by atoms with Gasteiger partial charge in [-0.05, 0) is 35.4 Å². The first-order valence-electron chi connectivity index (χ1n) is 11.1. The van der Waals surface area contributed by atoms with E-state index in [2.05, 4.69) is 20.6 Å². The fourth-order valence-corrected chi connectivity index (χ4v) is 5.83. The molecule has 166 valence electrons. The number of benzene rings is 1. The first kappa shape index (κ1) is 20.0. The molecule has 2 amide bonds. The van der Waals surface area contributed by atoms with E-state index in [1.54, 1.807) is 12.4 Å². The van der Waals surface area contributed by atoms with Crippen molar-refractivity contribution in [1.29, 1.82) is 0 Å². The van der Waals surface area contributed by atoms with Crippen LogP contribution >= 0.6 is 11.3 Å². The number of fused-ring (bicyclic) bond motifs is 2. The molecule has 1 aromatic carbocycles. The Morgan fingerprint density at radius 2 is 1.88 bits per heavy atom. The number of hydrogen-bond donors (Lipinski definition) is 3. The number of nitrogens with zero attached hydrogens (tertiary/aromatic N) is 2. The van der Waals surface area contributed by atoms with Gasteiger partial charge in [0.25, 0.3) is 5.91 Å². The van der Waals surface area contributed by atoms with Crippen molar-refractivity contribution in [2.24, 2.45) is 0 Å². The minimum absolute atomic E-state index is 0.0485. The third-order valence-corrected chi connectivity index (χ3v) is 7.80. The van der Waals surface area contributed by atoms with Crippen LogP contribution in [0.2, 0.25) is 0 Å². The zero-order valence-electron chi connectivity index (χ0n) is 17.9. The molecule has 0 saturated carbocycles. The van der Waals surface area contributed by atoms with Crippen LogP contribution in [0.3, 0.4) is 0 Å². The highest BCUT2D eigenvalue weighted by Gasteiger charge is 2.42. The number of likely N-dealkylation sites (tertiary alicyclic amines) is 1. The van der Waals surface area contributed by atoms with E-state index in [9.17, 15) is 9.59 Å². The van der Waals surface area contributed by atoms with E-state index < -0.39 is 5.66 Å².